The average Bonchev–Trinajstić information content (AvgIpc) is 3.21. The number of allylic oxidation sites excluding steroid dienone is 8. The largest absolute Gasteiger partial charge is 0.0805 e. The van der Waals surface area contributed by atoms with Gasteiger partial charge in [-0.05, 0) is 53.8 Å². The van der Waals surface area contributed by atoms with Crippen molar-refractivity contribution in [2.45, 2.75) is 46.0 Å². The van der Waals surface area contributed by atoms with Crippen molar-refractivity contribution in [1.82, 2.24) is 0 Å². The molecule has 0 aliphatic heterocycles. The van der Waals surface area contributed by atoms with E-state index in [1.807, 2.05) is 0 Å². The maximum atomic E-state index is 2.63. The molecule has 0 heterocycles. The van der Waals surface area contributed by atoms with Gasteiger partial charge in [0.15, 0.2) is 0 Å². The van der Waals surface area contributed by atoms with Gasteiger partial charge >= 0.3 is 0 Å². The predicted octanol–water partition coefficient (Wildman–Crippen LogP) is 5.94. The molecule has 22 heavy (non-hydrogen) atoms. The topological polar surface area (TPSA) is 0 Å². The molecule has 2 saturated carbocycles. The first-order valence-electron chi connectivity index (χ1n) is 9.45. The maximum Gasteiger partial charge on any atom is -0.00954 e. The molecule has 5 unspecified atom stereocenters. The molecule has 118 valence electrons. The molecule has 0 aromatic carbocycles. The highest BCUT2D eigenvalue weighted by Gasteiger charge is 2.55. The summed E-state index contributed by atoms with van der Waals surface area (Å²) in [6, 6.07) is 0. The highest BCUT2D eigenvalue weighted by molar-refractivity contribution is 5.29. The Morgan fingerprint density at radius 1 is 0.773 bits per heavy atom. The van der Waals surface area contributed by atoms with Gasteiger partial charge in [0, 0.05) is 0 Å². The van der Waals surface area contributed by atoms with Crippen LogP contribution in [0, 0.1) is 40.9 Å². The van der Waals surface area contributed by atoms with Crippen LogP contribution >= 0.6 is 0 Å². The molecule has 0 heteroatoms. The van der Waals surface area contributed by atoms with Crippen molar-refractivity contribution in [3.8, 4) is 0 Å². The van der Waals surface area contributed by atoms with Gasteiger partial charge in [0.05, 0.1) is 0 Å². The van der Waals surface area contributed by atoms with Gasteiger partial charge in [0.2, 0.25) is 0 Å². The van der Waals surface area contributed by atoms with Crippen molar-refractivity contribution in [3.05, 3.63) is 48.6 Å². The second-order valence-electron chi connectivity index (χ2n) is 8.22. The lowest BCUT2D eigenvalue weighted by Gasteiger charge is -2.46. The summed E-state index contributed by atoms with van der Waals surface area (Å²) in [5.41, 5.74) is 0.504. The summed E-state index contributed by atoms with van der Waals surface area (Å²) in [5.74, 6) is 4.72. The van der Waals surface area contributed by atoms with Crippen molar-refractivity contribution in [1.29, 1.82) is 0 Å². The molecule has 4 aliphatic rings. The summed E-state index contributed by atoms with van der Waals surface area (Å²) < 4.78 is 0. The minimum absolute atomic E-state index is 0.504. The van der Waals surface area contributed by atoms with Crippen LogP contribution in [0.4, 0.5) is 0 Å². The third-order valence-corrected chi connectivity index (χ3v) is 7.53. The Balaban J connectivity index is 1.74. The molecule has 0 amide bonds. The van der Waals surface area contributed by atoms with Crippen LogP contribution in [0.25, 0.3) is 0 Å². The maximum absolute atomic E-state index is 2.63. The third-order valence-electron chi connectivity index (χ3n) is 7.53. The molecular weight excluding hydrogens is 264 g/mol. The van der Waals surface area contributed by atoms with Crippen molar-refractivity contribution < 1.29 is 0 Å². The fraction of sp³-hybridized carbons (Fsp3) is 0.636. The standard InChI is InChI=1S/C22H30/c1-3-22(2,16-10-4-5-11-16)21-19-14-8-6-12-17(19)18-13-7-9-15-20(18)21/h6-9,12-21H,3-5,10-11H2,1-2H3. The third kappa shape index (κ3) is 2.02. The molecule has 0 aromatic rings. The highest BCUT2D eigenvalue weighted by Crippen LogP contribution is 2.61. The van der Waals surface area contributed by atoms with Crippen LogP contribution in [0.1, 0.15) is 46.0 Å². The summed E-state index contributed by atoms with van der Waals surface area (Å²) in [6.07, 6.45) is 26.4. The number of hydrogen-bond acceptors (Lipinski definition) is 0. The van der Waals surface area contributed by atoms with E-state index in [1.54, 1.807) is 0 Å². The van der Waals surface area contributed by atoms with Crippen LogP contribution < -0.4 is 0 Å². The Kier molecular flexibility index (Phi) is 3.67. The first-order valence-corrected chi connectivity index (χ1v) is 9.45. The van der Waals surface area contributed by atoms with Gasteiger partial charge in [0.25, 0.3) is 0 Å². The normalized spacial score (nSPS) is 42.4. The van der Waals surface area contributed by atoms with Crippen LogP contribution in [0.5, 0.6) is 0 Å². The zero-order chi connectivity index (χ0) is 15.2. The molecule has 0 spiro atoms. The van der Waals surface area contributed by atoms with Crippen LogP contribution in [0.15, 0.2) is 48.6 Å². The van der Waals surface area contributed by atoms with E-state index in [1.165, 1.54) is 32.1 Å². The predicted molar refractivity (Wildman–Crippen MR) is 94.4 cm³/mol. The van der Waals surface area contributed by atoms with Crippen LogP contribution in [-0.4, -0.2) is 0 Å². The van der Waals surface area contributed by atoms with E-state index in [4.69, 9.17) is 0 Å². The van der Waals surface area contributed by atoms with Gasteiger partial charge in [-0.25, -0.2) is 0 Å². The molecule has 0 N–H and O–H groups in total. The van der Waals surface area contributed by atoms with Crippen LogP contribution in [0.3, 0.4) is 0 Å². The van der Waals surface area contributed by atoms with Crippen molar-refractivity contribution >= 4 is 0 Å². The molecule has 0 bridgehead atoms. The van der Waals surface area contributed by atoms with Gasteiger partial charge in [-0.2, -0.15) is 0 Å². The molecule has 0 saturated heterocycles. The second-order valence-corrected chi connectivity index (χ2v) is 8.22. The molecule has 0 radical (unpaired) electrons. The average molecular weight is 294 g/mol. The summed E-state index contributed by atoms with van der Waals surface area (Å²) in [4.78, 5) is 0. The Bertz CT molecular complexity index is 494. The summed E-state index contributed by atoms with van der Waals surface area (Å²) in [6.45, 7) is 5.08. The Labute approximate surface area is 136 Å². The van der Waals surface area contributed by atoms with E-state index in [9.17, 15) is 0 Å². The van der Waals surface area contributed by atoms with Gasteiger partial charge in [0.1, 0.15) is 0 Å². The van der Waals surface area contributed by atoms with E-state index in [2.05, 4.69) is 62.5 Å². The zero-order valence-corrected chi connectivity index (χ0v) is 14.1. The minimum atomic E-state index is 0.504. The Morgan fingerprint density at radius 2 is 1.23 bits per heavy atom. The summed E-state index contributed by atoms with van der Waals surface area (Å²) in [7, 11) is 0. The molecule has 0 nitrogen and oxygen atoms in total. The molecule has 4 rings (SSSR count). The van der Waals surface area contributed by atoms with Gasteiger partial charge < -0.3 is 0 Å². The lowest BCUT2D eigenvalue weighted by atomic mass is 9.59. The van der Waals surface area contributed by atoms with E-state index < -0.39 is 0 Å². The molecule has 2 fully saturated rings. The van der Waals surface area contributed by atoms with Crippen LogP contribution in [0.2, 0.25) is 0 Å². The van der Waals surface area contributed by atoms with E-state index in [0.717, 1.165) is 35.5 Å². The quantitative estimate of drug-likeness (QED) is 0.604. The molecule has 0 aromatic heterocycles. The highest BCUT2D eigenvalue weighted by atomic mass is 14.6. The van der Waals surface area contributed by atoms with Crippen LogP contribution in [-0.2, 0) is 0 Å². The first kappa shape index (κ1) is 14.5. The first-order chi connectivity index (χ1) is 10.8. The van der Waals surface area contributed by atoms with E-state index in [-0.39, 0.29) is 0 Å². The van der Waals surface area contributed by atoms with Crippen molar-refractivity contribution in [2.24, 2.45) is 40.9 Å². The lowest BCUT2D eigenvalue weighted by Crippen LogP contribution is -2.39. The van der Waals surface area contributed by atoms with E-state index >= 15 is 0 Å². The number of hydrogen-bond donors (Lipinski definition) is 0. The molecule has 4 aliphatic carbocycles. The second kappa shape index (κ2) is 5.55. The fourth-order valence-corrected chi connectivity index (χ4v) is 6.29. The summed E-state index contributed by atoms with van der Waals surface area (Å²) in [5, 5.41) is 0. The monoisotopic (exact) mass is 294 g/mol. The zero-order valence-electron chi connectivity index (χ0n) is 14.1. The minimum Gasteiger partial charge on any atom is -0.0805 e. The number of rotatable bonds is 3. The Hall–Kier alpha value is -1.04. The fourth-order valence-electron chi connectivity index (χ4n) is 6.29. The molecule has 5 atom stereocenters. The van der Waals surface area contributed by atoms with Crippen molar-refractivity contribution in [2.75, 3.05) is 0 Å². The Morgan fingerprint density at radius 3 is 1.68 bits per heavy atom. The van der Waals surface area contributed by atoms with Crippen molar-refractivity contribution in [3.63, 3.8) is 0 Å². The molecular formula is C22H30. The van der Waals surface area contributed by atoms with Gasteiger partial charge in [-0.1, -0.05) is 81.7 Å². The lowest BCUT2D eigenvalue weighted by molar-refractivity contribution is 0.0501. The number of fused-ring (bicyclic) bond motifs is 3. The smallest absolute Gasteiger partial charge is 0.00954 e. The van der Waals surface area contributed by atoms with E-state index in [0.29, 0.717) is 5.41 Å². The SMILES string of the molecule is CCC(C)(C1CCCC1)C1C2C=CC=CC2C2C=CC=CC21. The van der Waals surface area contributed by atoms with Gasteiger partial charge in [-0.15, -0.1) is 0 Å². The van der Waals surface area contributed by atoms with Gasteiger partial charge in [-0.3, -0.25) is 0 Å². The summed E-state index contributed by atoms with van der Waals surface area (Å²) >= 11 is 0.